The van der Waals surface area contributed by atoms with Crippen LogP contribution in [0.25, 0.3) is 11.3 Å². The minimum absolute atomic E-state index is 0.204. The van der Waals surface area contributed by atoms with Gasteiger partial charge in [-0.25, -0.2) is 4.98 Å². The van der Waals surface area contributed by atoms with Gasteiger partial charge in [0.15, 0.2) is 0 Å². The average molecular weight is 476 g/mol. The van der Waals surface area contributed by atoms with Gasteiger partial charge in [0.1, 0.15) is 11.6 Å². The molecule has 0 radical (unpaired) electrons. The number of rotatable bonds is 11. The highest BCUT2D eigenvalue weighted by Gasteiger charge is 2.21. The number of pyridine rings is 2. The molecule has 1 aliphatic heterocycles. The molecule has 1 aliphatic rings. The zero-order valence-electron chi connectivity index (χ0n) is 20.2. The van der Waals surface area contributed by atoms with Crippen molar-refractivity contribution in [2.45, 2.75) is 18.9 Å². The van der Waals surface area contributed by atoms with Crippen LogP contribution in [0.4, 0.5) is 5.82 Å². The number of amides is 1. The maximum absolute atomic E-state index is 11.6. The minimum Gasteiger partial charge on any atom is -0.497 e. The van der Waals surface area contributed by atoms with Crippen molar-refractivity contribution >= 4 is 11.7 Å². The van der Waals surface area contributed by atoms with Gasteiger partial charge >= 0.3 is 0 Å². The van der Waals surface area contributed by atoms with Gasteiger partial charge in [0.05, 0.1) is 31.9 Å². The smallest absolute Gasteiger partial charge is 0.220 e. The van der Waals surface area contributed by atoms with Gasteiger partial charge in [-0.1, -0.05) is 18.2 Å². The third-order valence-corrected chi connectivity index (χ3v) is 6.21. The van der Waals surface area contributed by atoms with Crippen molar-refractivity contribution < 1.29 is 14.3 Å². The lowest BCUT2D eigenvalue weighted by molar-refractivity contribution is -0.120. The van der Waals surface area contributed by atoms with E-state index >= 15 is 0 Å². The number of nitrogens with zero attached hydrogens (tertiary/aromatic N) is 4. The van der Waals surface area contributed by atoms with E-state index in [1.54, 1.807) is 7.11 Å². The quantitative estimate of drug-likeness (QED) is 0.456. The Morgan fingerprint density at radius 1 is 1.00 bits per heavy atom. The van der Waals surface area contributed by atoms with Crippen molar-refractivity contribution in [1.82, 2.24) is 14.9 Å². The molecule has 0 saturated carbocycles. The summed E-state index contributed by atoms with van der Waals surface area (Å²) < 4.78 is 11.3. The van der Waals surface area contributed by atoms with Gasteiger partial charge in [-0.3, -0.25) is 14.7 Å². The van der Waals surface area contributed by atoms with Crippen LogP contribution in [0.5, 0.6) is 5.75 Å². The van der Waals surface area contributed by atoms with E-state index in [2.05, 4.69) is 25.8 Å². The van der Waals surface area contributed by atoms with Crippen molar-refractivity contribution in [3.05, 3.63) is 72.6 Å². The first-order chi connectivity index (χ1) is 17.1. The Balaban J connectivity index is 1.27. The molecule has 0 spiro atoms. The standard InChI is InChI=1S/C27H33N5O3/c1-34-22-9-7-21(8-10-22)19-23(20-26(28)33)35-18-17-31-13-15-32(16-14-31)27-24(5-4-12-30-27)25-6-2-3-11-29-25/h2-12,23H,13-20H2,1H3,(H2,28,33). The molecule has 1 atom stereocenters. The highest BCUT2D eigenvalue weighted by Crippen LogP contribution is 2.27. The van der Waals surface area contributed by atoms with E-state index in [4.69, 9.17) is 15.2 Å². The summed E-state index contributed by atoms with van der Waals surface area (Å²) in [7, 11) is 1.64. The summed E-state index contributed by atoms with van der Waals surface area (Å²) in [6.07, 6.45) is 4.25. The largest absolute Gasteiger partial charge is 0.497 e. The number of primary amides is 1. The molecular formula is C27H33N5O3. The number of nitrogens with two attached hydrogens (primary N) is 1. The Morgan fingerprint density at radius 2 is 1.77 bits per heavy atom. The summed E-state index contributed by atoms with van der Waals surface area (Å²) in [4.78, 5) is 25.4. The predicted molar refractivity (Wildman–Crippen MR) is 136 cm³/mol. The summed E-state index contributed by atoms with van der Waals surface area (Å²) in [5.41, 5.74) is 8.54. The van der Waals surface area contributed by atoms with Gasteiger partial charge in [-0.15, -0.1) is 0 Å². The van der Waals surface area contributed by atoms with Gasteiger partial charge in [0.25, 0.3) is 0 Å². The van der Waals surface area contributed by atoms with Crippen molar-refractivity contribution in [3.8, 4) is 17.0 Å². The maximum atomic E-state index is 11.6. The minimum atomic E-state index is -0.351. The fraction of sp³-hybridized carbons (Fsp3) is 0.370. The van der Waals surface area contributed by atoms with E-state index in [0.717, 1.165) is 61.1 Å². The number of carbonyl (C=O) groups excluding carboxylic acids is 1. The Hall–Kier alpha value is -3.49. The molecule has 0 bridgehead atoms. The normalized spacial score (nSPS) is 15.1. The molecule has 35 heavy (non-hydrogen) atoms. The molecule has 2 aromatic heterocycles. The van der Waals surface area contributed by atoms with Crippen LogP contribution in [-0.2, 0) is 16.0 Å². The number of methoxy groups -OCH3 is 1. The van der Waals surface area contributed by atoms with E-state index in [9.17, 15) is 4.79 Å². The molecule has 8 heteroatoms. The van der Waals surface area contributed by atoms with Crippen LogP contribution < -0.4 is 15.4 Å². The SMILES string of the molecule is COc1ccc(CC(CC(N)=O)OCCN2CCN(c3ncccc3-c3ccccn3)CC2)cc1. The van der Waals surface area contributed by atoms with Gasteiger partial charge < -0.3 is 20.1 Å². The van der Waals surface area contributed by atoms with Gasteiger partial charge in [-0.2, -0.15) is 0 Å². The molecule has 0 aliphatic carbocycles. The summed E-state index contributed by atoms with van der Waals surface area (Å²) in [5.74, 6) is 1.43. The first-order valence-electron chi connectivity index (χ1n) is 12.0. The second-order valence-corrected chi connectivity index (χ2v) is 8.63. The highest BCUT2D eigenvalue weighted by molar-refractivity contribution is 5.74. The van der Waals surface area contributed by atoms with Crippen LogP contribution >= 0.6 is 0 Å². The number of anilines is 1. The summed E-state index contributed by atoms with van der Waals surface area (Å²) in [5, 5.41) is 0. The van der Waals surface area contributed by atoms with Crippen LogP contribution in [0.2, 0.25) is 0 Å². The lowest BCUT2D eigenvalue weighted by Gasteiger charge is -2.36. The zero-order valence-corrected chi connectivity index (χ0v) is 20.2. The molecule has 1 aromatic carbocycles. The molecule has 3 aromatic rings. The lowest BCUT2D eigenvalue weighted by Crippen LogP contribution is -2.48. The third kappa shape index (κ3) is 7.00. The molecule has 3 heterocycles. The molecular weight excluding hydrogens is 442 g/mol. The van der Waals surface area contributed by atoms with Crippen LogP contribution in [0, 0.1) is 0 Å². The van der Waals surface area contributed by atoms with Crippen LogP contribution in [0.1, 0.15) is 12.0 Å². The van der Waals surface area contributed by atoms with Crippen LogP contribution in [0.3, 0.4) is 0 Å². The molecule has 184 valence electrons. The lowest BCUT2D eigenvalue weighted by atomic mass is 10.1. The molecule has 1 amide bonds. The van der Waals surface area contributed by atoms with Gasteiger partial charge in [-0.05, 0) is 48.4 Å². The third-order valence-electron chi connectivity index (χ3n) is 6.21. The topological polar surface area (TPSA) is 93.8 Å². The summed E-state index contributed by atoms with van der Waals surface area (Å²) in [6.45, 7) is 4.96. The molecule has 8 nitrogen and oxygen atoms in total. The average Bonchev–Trinajstić information content (AvgIpc) is 2.90. The summed E-state index contributed by atoms with van der Waals surface area (Å²) in [6, 6.07) is 17.8. The van der Waals surface area contributed by atoms with Crippen LogP contribution in [-0.4, -0.2) is 73.3 Å². The molecule has 1 fully saturated rings. The second kappa shape index (κ2) is 12.3. The maximum Gasteiger partial charge on any atom is 0.220 e. The number of carbonyl (C=O) groups is 1. The second-order valence-electron chi connectivity index (χ2n) is 8.63. The summed E-state index contributed by atoms with van der Waals surface area (Å²) >= 11 is 0. The van der Waals surface area contributed by atoms with Gasteiger partial charge in [0, 0.05) is 50.7 Å². The van der Waals surface area contributed by atoms with Crippen molar-refractivity contribution in [2.24, 2.45) is 5.73 Å². The van der Waals surface area contributed by atoms with E-state index in [0.29, 0.717) is 13.0 Å². The fourth-order valence-electron chi connectivity index (χ4n) is 4.34. The Labute approximate surface area is 206 Å². The van der Waals surface area contributed by atoms with Crippen molar-refractivity contribution in [3.63, 3.8) is 0 Å². The molecule has 2 N–H and O–H groups in total. The Bertz CT molecular complexity index is 1070. The van der Waals surface area contributed by atoms with E-state index in [1.807, 2.05) is 60.9 Å². The predicted octanol–water partition coefficient (Wildman–Crippen LogP) is 2.78. The monoisotopic (exact) mass is 475 g/mol. The fourth-order valence-corrected chi connectivity index (χ4v) is 4.34. The van der Waals surface area contributed by atoms with Gasteiger partial charge in [0.2, 0.25) is 5.91 Å². The molecule has 1 saturated heterocycles. The Morgan fingerprint density at radius 3 is 2.46 bits per heavy atom. The number of hydrogen-bond acceptors (Lipinski definition) is 7. The van der Waals surface area contributed by atoms with Crippen molar-refractivity contribution in [2.75, 3.05) is 51.3 Å². The molecule has 4 rings (SSSR count). The molecule has 1 unspecified atom stereocenters. The number of ether oxygens (including phenoxy) is 2. The van der Waals surface area contributed by atoms with E-state index in [1.165, 1.54) is 0 Å². The number of hydrogen-bond donors (Lipinski definition) is 1. The van der Waals surface area contributed by atoms with Crippen molar-refractivity contribution in [1.29, 1.82) is 0 Å². The van der Waals surface area contributed by atoms with Crippen LogP contribution in [0.15, 0.2) is 67.0 Å². The zero-order chi connectivity index (χ0) is 24.5. The number of aromatic nitrogens is 2. The number of piperazine rings is 1. The number of benzene rings is 1. The van der Waals surface area contributed by atoms with E-state index < -0.39 is 0 Å². The Kier molecular flexibility index (Phi) is 8.64. The first kappa shape index (κ1) is 24.6. The first-order valence-corrected chi connectivity index (χ1v) is 12.0. The van der Waals surface area contributed by atoms with E-state index in [-0.39, 0.29) is 18.4 Å². The highest BCUT2D eigenvalue weighted by atomic mass is 16.5.